The number of carboxylic acid groups (broad SMARTS) is 1. The molecule has 4 rings (SSSR count). The number of rotatable bonds is 4. The SMILES string of the molecule is COc1ccc(-c2ccc3nc(N4CCC(C(=O)O)CC4)ccc3c2)cn1. The molecular formula is C21H21N3O3. The maximum absolute atomic E-state index is 11.1. The minimum absolute atomic E-state index is 0.234. The van der Waals surface area contributed by atoms with Crippen molar-refractivity contribution in [3.05, 3.63) is 48.7 Å². The topological polar surface area (TPSA) is 75.5 Å². The molecule has 27 heavy (non-hydrogen) atoms. The Kier molecular flexibility index (Phi) is 4.62. The van der Waals surface area contributed by atoms with Crippen molar-refractivity contribution >= 4 is 22.7 Å². The maximum atomic E-state index is 11.1. The van der Waals surface area contributed by atoms with Crippen LogP contribution in [-0.2, 0) is 4.79 Å². The summed E-state index contributed by atoms with van der Waals surface area (Å²) in [5.41, 5.74) is 3.03. The first-order valence-electron chi connectivity index (χ1n) is 9.03. The van der Waals surface area contributed by atoms with E-state index in [1.54, 1.807) is 13.3 Å². The predicted molar refractivity (Wildman–Crippen MR) is 104 cm³/mol. The smallest absolute Gasteiger partial charge is 0.306 e. The lowest BCUT2D eigenvalue weighted by Crippen LogP contribution is -2.36. The van der Waals surface area contributed by atoms with E-state index in [1.165, 1.54) is 0 Å². The van der Waals surface area contributed by atoms with E-state index in [4.69, 9.17) is 14.8 Å². The number of aliphatic carboxylic acids is 1. The van der Waals surface area contributed by atoms with Crippen LogP contribution >= 0.6 is 0 Å². The Bertz CT molecular complexity index is 964. The van der Waals surface area contributed by atoms with Gasteiger partial charge in [-0.2, -0.15) is 0 Å². The number of methoxy groups -OCH3 is 1. The van der Waals surface area contributed by atoms with Gasteiger partial charge in [-0.25, -0.2) is 9.97 Å². The van der Waals surface area contributed by atoms with Crippen molar-refractivity contribution in [2.45, 2.75) is 12.8 Å². The van der Waals surface area contributed by atoms with E-state index in [1.807, 2.05) is 30.3 Å². The molecule has 1 N–H and O–H groups in total. The summed E-state index contributed by atoms with van der Waals surface area (Å²) in [6.07, 6.45) is 3.13. The molecule has 0 amide bonds. The predicted octanol–water partition coefficient (Wildman–Crippen LogP) is 3.61. The fourth-order valence-corrected chi connectivity index (χ4v) is 3.50. The summed E-state index contributed by atoms with van der Waals surface area (Å²) in [6, 6.07) is 14.1. The van der Waals surface area contributed by atoms with Crippen LogP contribution in [0.4, 0.5) is 5.82 Å². The molecule has 3 heterocycles. The third kappa shape index (κ3) is 3.56. The largest absolute Gasteiger partial charge is 0.481 e. The highest BCUT2D eigenvalue weighted by Crippen LogP contribution is 2.27. The van der Waals surface area contributed by atoms with Gasteiger partial charge >= 0.3 is 5.97 Å². The van der Waals surface area contributed by atoms with Crippen molar-refractivity contribution in [1.29, 1.82) is 0 Å². The summed E-state index contributed by atoms with van der Waals surface area (Å²) < 4.78 is 5.11. The van der Waals surface area contributed by atoms with E-state index in [0.717, 1.165) is 40.9 Å². The second-order valence-corrected chi connectivity index (χ2v) is 6.77. The molecule has 6 nitrogen and oxygen atoms in total. The number of pyridine rings is 2. The summed E-state index contributed by atoms with van der Waals surface area (Å²) in [5.74, 6) is 0.576. The monoisotopic (exact) mass is 363 g/mol. The molecular weight excluding hydrogens is 342 g/mol. The number of benzene rings is 1. The number of fused-ring (bicyclic) bond motifs is 1. The number of carbonyl (C=O) groups is 1. The van der Waals surface area contributed by atoms with Gasteiger partial charge < -0.3 is 14.7 Å². The zero-order valence-electron chi connectivity index (χ0n) is 15.1. The standard InChI is InChI=1S/C21H21N3O3/c1-27-20-7-4-17(13-22-20)15-2-5-18-16(12-15)3-6-19(23-18)24-10-8-14(9-11-24)21(25)26/h2-7,12-14H,8-11H2,1H3,(H,25,26). The van der Waals surface area contributed by atoms with Gasteiger partial charge in [0.15, 0.2) is 0 Å². The zero-order valence-corrected chi connectivity index (χ0v) is 15.1. The van der Waals surface area contributed by atoms with Crippen molar-refractivity contribution in [3.63, 3.8) is 0 Å². The lowest BCUT2D eigenvalue weighted by atomic mass is 9.97. The van der Waals surface area contributed by atoms with Crippen molar-refractivity contribution in [2.24, 2.45) is 5.92 Å². The summed E-state index contributed by atoms with van der Waals surface area (Å²) in [4.78, 5) is 22.3. The third-order valence-corrected chi connectivity index (χ3v) is 5.12. The highest BCUT2D eigenvalue weighted by atomic mass is 16.5. The van der Waals surface area contributed by atoms with Gasteiger partial charge in [0.05, 0.1) is 18.5 Å². The van der Waals surface area contributed by atoms with Gasteiger partial charge in [0.25, 0.3) is 0 Å². The van der Waals surface area contributed by atoms with E-state index in [2.05, 4.69) is 22.0 Å². The molecule has 1 aromatic carbocycles. The van der Waals surface area contributed by atoms with Crippen molar-refractivity contribution < 1.29 is 14.6 Å². The van der Waals surface area contributed by atoms with Crippen LogP contribution in [0.3, 0.4) is 0 Å². The minimum atomic E-state index is -0.693. The van der Waals surface area contributed by atoms with Crippen LogP contribution in [0.25, 0.3) is 22.0 Å². The second-order valence-electron chi connectivity index (χ2n) is 6.77. The molecule has 0 unspecified atom stereocenters. The Morgan fingerprint density at radius 2 is 1.89 bits per heavy atom. The number of carboxylic acids is 1. The van der Waals surface area contributed by atoms with Gasteiger partial charge in [-0.1, -0.05) is 6.07 Å². The summed E-state index contributed by atoms with van der Waals surface area (Å²) in [5, 5.41) is 10.2. The quantitative estimate of drug-likeness (QED) is 0.763. The van der Waals surface area contributed by atoms with Crippen LogP contribution in [0, 0.1) is 5.92 Å². The van der Waals surface area contributed by atoms with E-state index in [-0.39, 0.29) is 5.92 Å². The first-order chi connectivity index (χ1) is 13.1. The Labute approximate surface area is 157 Å². The van der Waals surface area contributed by atoms with E-state index < -0.39 is 5.97 Å². The lowest BCUT2D eigenvalue weighted by Gasteiger charge is -2.31. The first-order valence-corrected chi connectivity index (χ1v) is 9.03. The van der Waals surface area contributed by atoms with Crippen LogP contribution in [-0.4, -0.2) is 41.2 Å². The van der Waals surface area contributed by atoms with Crippen molar-refractivity contribution in [2.75, 3.05) is 25.1 Å². The van der Waals surface area contributed by atoms with Gasteiger partial charge in [0.2, 0.25) is 5.88 Å². The van der Waals surface area contributed by atoms with Gasteiger partial charge in [0, 0.05) is 36.3 Å². The van der Waals surface area contributed by atoms with E-state index >= 15 is 0 Å². The van der Waals surface area contributed by atoms with Gasteiger partial charge in [0.1, 0.15) is 5.82 Å². The van der Waals surface area contributed by atoms with Gasteiger partial charge in [-0.05, 0) is 48.7 Å². The Morgan fingerprint density at radius 3 is 2.56 bits per heavy atom. The fraction of sp³-hybridized carbons (Fsp3) is 0.286. The highest BCUT2D eigenvalue weighted by molar-refractivity contribution is 5.85. The number of piperidine rings is 1. The third-order valence-electron chi connectivity index (χ3n) is 5.12. The molecule has 0 aliphatic carbocycles. The average Bonchev–Trinajstić information content (AvgIpc) is 2.73. The first kappa shape index (κ1) is 17.3. The number of ether oxygens (including phenoxy) is 1. The van der Waals surface area contributed by atoms with Gasteiger partial charge in [-0.3, -0.25) is 4.79 Å². The van der Waals surface area contributed by atoms with Crippen LogP contribution in [0.2, 0.25) is 0 Å². The van der Waals surface area contributed by atoms with Crippen LogP contribution in [0.1, 0.15) is 12.8 Å². The van der Waals surface area contributed by atoms with Crippen molar-refractivity contribution in [1.82, 2.24) is 9.97 Å². The van der Waals surface area contributed by atoms with Gasteiger partial charge in [-0.15, -0.1) is 0 Å². The number of hydrogen-bond donors (Lipinski definition) is 1. The average molecular weight is 363 g/mol. The number of aromatic nitrogens is 2. The summed E-state index contributed by atoms with van der Waals surface area (Å²) in [6.45, 7) is 1.45. The molecule has 0 spiro atoms. The normalized spacial score (nSPS) is 15.1. The Balaban J connectivity index is 1.56. The van der Waals surface area contributed by atoms with Crippen LogP contribution in [0.15, 0.2) is 48.7 Å². The molecule has 138 valence electrons. The zero-order chi connectivity index (χ0) is 18.8. The fourth-order valence-electron chi connectivity index (χ4n) is 3.50. The molecule has 0 atom stereocenters. The Hall–Kier alpha value is -3.15. The Morgan fingerprint density at radius 1 is 1.11 bits per heavy atom. The molecule has 0 radical (unpaired) electrons. The molecule has 6 heteroatoms. The summed E-state index contributed by atoms with van der Waals surface area (Å²) in [7, 11) is 1.60. The highest BCUT2D eigenvalue weighted by Gasteiger charge is 2.25. The molecule has 0 saturated carbocycles. The molecule has 2 aromatic heterocycles. The molecule has 1 aliphatic rings. The van der Waals surface area contributed by atoms with Crippen molar-refractivity contribution in [3.8, 4) is 17.0 Å². The maximum Gasteiger partial charge on any atom is 0.306 e. The van der Waals surface area contributed by atoms with E-state index in [0.29, 0.717) is 18.7 Å². The molecule has 1 aliphatic heterocycles. The lowest BCUT2D eigenvalue weighted by molar-refractivity contribution is -0.142. The van der Waals surface area contributed by atoms with E-state index in [9.17, 15) is 4.79 Å². The molecule has 3 aromatic rings. The van der Waals surface area contributed by atoms with Crippen LogP contribution < -0.4 is 9.64 Å². The molecule has 1 fully saturated rings. The second kappa shape index (κ2) is 7.23. The number of anilines is 1. The molecule has 1 saturated heterocycles. The number of hydrogen-bond acceptors (Lipinski definition) is 5. The molecule has 0 bridgehead atoms. The van der Waals surface area contributed by atoms with Crippen LogP contribution in [0.5, 0.6) is 5.88 Å². The minimum Gasteiger partial charge on any atom is -0.481 e. The number of nitrogens with zero attached hydrogens (tertiary/aromatic N) is 3. The summed E-state index contributed by atoms with van der Waals surface area (Å²) >= 11 is 0.